The Labute approximate surface area is 129 Å². The van der Waals surface area contributed by atoms with Crippen LogP contribution in [0.5, 0.6) is 0 Å². The smallest absolute Gasteiger partial charge is 0.242 e. The minimum Gasteiger partial charge on any atom is -0.368 e. The van der Waals surface area contributed by atoms with E-state index in [0.717, 1.165) is 25.2 Å². The van der Waals surface area contributed by atoms with Crippen LogP contribution in [0.1, 0.15) is 12.8 Å². The van der Waals surface area contributed by atoms with Crippen LogP contribution < -0.4 is 4.90 Å². The van der Waals surface area contributed by atoms with Crippen molar-refractivity contribution >= 4 is 17.5 Å². The van der Waals surface area contributed by atoms with Crippen LogP contribution in [0.3, 0.4) is 0 Å². The number of carbonyl (C=O) groups is 2. The molecule has 1 aromatic rings. The summed E-state index contributed by atoms with van der Waals surface area (Å²) in [7, 11) is 0. The first kappa shape index (κ1) is 14.8. The molecule has 0 saturated carbocycles. The van der Waals surface area contributed by atoms with E-state index in [1.54, 1.807) is 17.0 Å². The summed E-state index contributed by atoms with van der Waals surface area (Å²) in [5.74, 6) is -0.139. The second-order valence-corrected chi connectivity index (χ2v) is 5.76. The van der Waals surface area contributed by atoms with Crippen LogP contribution >= 0.6 is 0 Å². The van der Waals surface area contributed by atoms with Crippen LogP contribution in [0.4, 0.5) is 10.1 Å². The van der Waals surface area contributed by atoms with Gasteiger partial charge in [-0.05, 0) is 30.7 Å². The number of likely N-dealkylation sites (tertiary alicyclic amines) is 1. The lowest BCUT2D eigenvalue weighted by Crippen LogP contribution is -2.51. The lowest BCUT2D eigenvalue weighted by atomic mass is 10.2. The Morgan fingerprint density at radius 3 is 2.32 bits per heavy atom. The van der Waals surface area contributed by atoms with Crippen molar-refractivity contribution in [1.82, 2.24) is 9.80 Å². The molecule has 5 nitrogen and oxygen atoms in total. The molecule has 0 aromatic heterocycles. The highest BCUT2D eigenvalue weighted by Crippen LogP contribution is 2.17. The average molecular weight is 305 g/mol. The summed E-state index contributed by atoms with van der Waals surface area (Å²) >= 11 is 0. The van der Waals surface area contributed by atoms with Crippen LogP contribution in [-0.4, -0.2) is 60.9 Å². The summed E-state index contributed by atoms with van der Waals surface area (Å²) in [6.07, 6.45) is 1.41. The topological polar surface area (TPSA) is 43.9 Å². The molecule has 0 aliphatic carbocycles. The zero-order valence-electron chi connectivity index (χ0n) is 12.5. The number of amides is 2. The second-order valence-electron chi connectivity index (χ2n) is 5.76. The molecule has 2 heterocycles. The standard InChI is InChI=1S/C16H20FN3O2/c17-13-3-5-14(6-4-13)18-8-10-19(11-9-18)16(22)12-20-7-1-2-15(20)21/h3-6H,1-2,7-12H2. The van der Waals surface area contributed by atoms with Gasteiger partial charge < -0.3 is 14.7 Å². The number of hydrogen-bond donors (Lipinski definition) is 0. The Morgan fingerprint density at radius 2 is 1.73 bits per heavy atom. The van der Waals surface area contributed by atoms with Gasteiger partial charge in [0.15, 0.2) is 0 Å². The van der Waals surface area contributed by atoms with E-state index in [2.05, 4.69) is 4.90 Å². The highest BCUT2D eigenvalue weighted by atomic mass is 19.1. The predicted octanol–water partition coefficient (Wildman–Crippen LogP) is 1.10. The Morgan fingerprint density at radius 1 is 1.05 bits per heavy atom. The first-order valence-corrected chi connectivity index (χ1v) is 7.69. The van der Waals surface area contributed by atoms with E-state index in [-0.39, 0.29) is 24.2 Å². The van der Waals surface area contributed by atoms with E-state index < -0.39 is 0 Å². The largest absolute Gasteiger partial charge is 0.368 e. The lowest BCUT2D eigenvalue weighted by Gasteiger charge is -2.36. The van der Waals surface area contributed by atoms with Gasteiger partial charge in [-0.25, -0.2) is 4.39 Å². The van der Waals surface area contributed by atoms with E-state index in [9.17, 15) is 14.0 Å². The van der Waals surface area contributed by atoms with Crippen molar-refractivity contribution in [2.45, 2.75) is 12.8 Å². The maximum Gasteiger partial charge on any atom is 0.242 e. The molecule has 2 amide bonds. The van der Waals surface area contributed by atoms with Crippen LogP contribution in [0.25, 0.3) is 0 Å². The maximum absolute atomic E-state index is 12.9. The molecule has 0 spiro atoms. The number of benzene rings is 1. The average Bonchev–Trinajstić information content (AvgIpc) is 2.93. The molecule has 0 N–H and O–H groups in total. The number of halogens is 1. The summed E-state index contributed by atoms with van der Waals surface area (Å²) in [6.45, 7) is 3.63. The van der Waals surface area contributed by atoms with Crippen molar-refractivity contribution in [2.24, 2.45) is 0 Å². The van der Waals surface area contributed by atoms with Gasteiger partial charge in [0, 0.05) is 44.8 Å². The van der Waals surface area contributed by atoms with E-state index in [0.29, 0.717) is 26.1 Å². The van der Waals surface area contributed by atoms with Crippen LogP contribution in [0, 0.1) is 5.82 Å². The Hall–Kier alpha value is -2.11. The quantitative estimate of drug-likeness (QED) is 0.840. The number of carbonyl (C=O) groups excluding carboxylic acids is 2. The van der Waals surface area contributed by atoms with Crippen molar-refractivity contribution in [3.8, 4) is 0 Å². The minimum absolute atomic E-state index is 0.0222. The van der Waals surface area contributed by atoms with E-state index in [1.165, 1.54) is 12.1 Å². The molecule has 0 radical (unpaired) electrons. The highest BCUT2D eigenvalue weighted by Gasteiger charge is 2.26. The third-order valence-corrected chi connectivity index (χ3v) is 4.32. The summed E-state index contributed by atoms with van der Waals surface area (Å²) in [6, 6.07) is 6.42. The fraction of sp³-hybridized carbons (Fsp3) is 0.500. The molecule has 3 rings (SSSR count). The molecule has 118 valence electrons. The van der Waals surface area contributed by atoms with Crippen LogP contribution in [-0.2, 0) is 9.59 Å². The van der Waals surface area contributed by atoms with E-state index in [1.807, 2.05) is 4.90 Å². The molecule has 2 saturated heterocycles. The van der Waals surface area contributed by atoms with Crippen molar-refractivity contribution in [2.75, 3.05) is 44.2 Å². The van der Waals surface area contributed by atoms with Gasteiger partial charge in [-0.3, -0.25) is 9.59 Å². The van der Waals surface area contributed by atoms with Gasteiger partial charge in [-0.1, -0.05) is 0 Å². The van der Waals surface area contributed by atoms with E-state index >= 15 is 0 Å². The van der Waals surface area contributed by atoms with Crippen molar-refractivity contribution in [1.29, 1.82) is 0 Å². The van der Waals surface area contributed by atoms with Gasteiger partial charge in [0.1, 0.15) is 5.82 Å². The van der Waals surface area contributed by atoms with E-state index in [4.69, 9.17) is 0 Å². The second kappa shape index (κ2) is 6.34. The first-order chi connectivity index (χ1) is 10.6. The van der Waals surface area contributed by atoms with Gasteiger partial charge in [-0.15, -0.1) is 0 Å². The summed E-state index contributed by atoms with van der Waals surface area (Å²) in [5, 5.41) is 0. The number of rotatable bonds is 3. The zero-order valence-corrected chi connectivity index (χ0v) is 12.5. The summed E-state index contributed by atoms with van der Waals surface area (Å²) in [4.78, 5) is 29.4. The maximum atomic E-state index is 12.9. The van der Waals surface area contributed by atoms with Gasteiger partial charge >= 0.3 is 0 Å². The number of anilines is 1. The first-order valence-electron chi connectivity index (χ1n) is 7.69. The lowest BCUT2D eigenvalue weighted by molar-refractivity contribution is -0.138. The molecule has 22 heavy (non-hydrogen) atoms. The third-order valence-electron chi connectivity index (χ3n) is 4.32. The van der Waals surface area contributed by atoms with Crippen molar-refractivity contribution < 1.29 is 14.0 Å². The summed E-state index contributed by atoms with van der Waals surface area (Å²) < 4.78 is 12.9. The molecular formula is C16H20FN3O2. The normalized spacial score (nSPS) is 19.0. The monoisotopic (exact) mass is 305 g/mol. The molecule has 6 heteroatoms. The van der Waals surface area contributed by atoms with Gasteiger partial charge in [-0.2, -0.15) is 0 Å². The minimum atomic E-state index is -0.243. The molecule has 0 atom stereocenters. The SMILES string of the molecule is O=C(CN1CCCC1=O)N1CCN(c2ccc(F)cc2)CC1. The zero-order chi connectivity index (χ0) is 15.5. The highest BCUT2D eigenvalue weighted by molar-refractivity contribution is 5.86. The number of piperazine rings is 1. The molecule has 2 aliphatic heterocycles. The molecule has 2 aliphatic rings. The summed E-state index contributed by atoms with van der Waals surface area (Å²) in [5.41, 5.74) is 0.975. The third kappa shape index (κ3) is 3.21. The Kier molecular flexibility index (Phi) is 4.27. The van der Waals surface area contributed by atoms with Crippen LogP contribution in [0.15, 0.2) is 24.3 Å². The van der Waals surface area contributed by atoms with Crippen LogP contribution in [0.2, 0.25) is 0 Å². The van der Waals surface area contributed by atoms with Crippen molar-refractivity contribution in [3.05, 3.63) is 30.1 Å². The molecule has 0 bridgehead atoms. The fourth-order valence-electron chi connectivity index (χ4n) is 3.00. The predicted molar refractivity (Wildman–Crippen MR) is 81.0 cm³/mol. The van der Waals surface area contributed by atoms with Gasteiger partial charge in [0.2, 0.25) is 11.8 Å². The molecule has 2 fully saturated rings. The van der Waals surface area contributed by atoms with Gasteiger partial charge in [0.25, 0.3) is 0 Å². The number of hydrogen-bond acceptors (Lipinski definition) is 3. The Balaban J connectivity index is 1.51. The van der Waals surface area contributed by atoms with Crippen molar-refractivity contribution in [3.63, 3.8) is 0 Å². The fourth-order valence-corrected chi connectivity index (χ4v) is 3.00. The van der Waals surface area contributed by atoms with Gasteiger partial charge in [0.05, 0.1) is 6.54 Å². The molecule has 1 aromatic carbocycles. The molecule has 0 unspecified atom stereocenters. The molecular weight excluding hydrogens is 285 g/mol. The Bertz CT molecular complexity index is 553. The number of nitrogens with zero attached hydrogens (tertiary/aromatic N) is 3.